The minimum Gasteiger partial charge on any atom is -0.306 e. The van der Waals surface area contributed by atoms with Gasteiger partial charge in [-0.05, 0) is 31.4 Å². The molecule has 1 atom stereocenters. The Morgan fingerprint density at radius 1 is 0.947 bits per heavy atom. The third-order valence-electron chi connectivity index (χ3n) is 3.52. The maximum atomic E-state index is 3.65. The summed E-state index contributed by atoms with van der Waals surface area (Å²) in [5.74, 6) is 0. The van der Waals surface area contributed by atoms with Crippen LogP contribution in [0.4, 0.5) is 0 Å². The van der Waals surface area contributed by atoms with Gasteiger partial charge in [-0.15, -0.1) is 0 Å². The number of nitrogens with one attached hydrogen (secondary N) is 1. The second-order valence-electron chi connectivity index (χ2n) is 5.24. The van der Waals surface area contributed by atoms with E-state index in [0.29, 0.717) is 6.04 Å². The standard InChI is InChI=1S/C18H23N/c1-4-18(17-10-8-14(2)9-11-17)19-13-16-7-5-6-15(3)12-16/h5-12,18-19H,4,13H2,1-3H3. The van der Waals surface area contributed by atoms with Gasteiger partial charge in [0.25, 0.3) is 0 Å². The first-order chi connectivity index (χ1) is 9.19. The maximum absolute atomic E-state index is 3.65. The molecule has 2 rings (SSSR count). The molecule has 1 nitrogen and oxygen atoms in total. The molecular weight excluding hydrogens is 230 g/mol. The summed E-state index contributed by atoms with van der Waals surface area (Å²) in [5.41, 5.74) is 5.37. The first kappa shape index (κ1) is 13.8. The van der Waals surface area contributed by atoms with E-state index in [1.54, 1.807) is 0 Å². The van der Waals surface area contributed by atoms with Crippen LogP contribution in [-0.2, 0) is 6.54 Å². The summed E-state index contributed by atoms with van der Waals surface area (Å²) in [5, 5.41) is 3.65. The Labute approximate surface area is 116 Å². The summed E-state index contributed by atoms with van der Waals surface area (Å²) in [6.45, 7) is 7.42. The quantitative estimate of drug-likeness (QED) is 0.824. The van der Waals surface area contributed by atoms with Gasteiger partial charge in [-0.2, -0.15) is 0 Å². The molecule has 0 aliphatic heterocycles. The topological polar surface area (TPSA) is 12.0 Å². The highest BCUT2D eigenvalue weighted by Gasteiger charge is 2.08. The van der Waals surface area contributed by atoms with Crippen molar-refractivity contribution < 1.29 is 0 Å². The summed E-state index contributed by atoms with van der Waals surface area (Å²) in [6.07, 6.45) is 1.11. The van der Waals surface area contributed by atoms with Crippen molar-refractivity contribution in [2.75, 3.05) is 0 Å². The van der Waals surface area contributed by atoms with Crippen molar-refractivity contribution in [1.29, 1.82) is 0 Å². The number of rotatable bonds is 5. The van der Waals surface area contributed by atoms with Gasteiger partial charge in [-0.1, -0.05) is 66.6 Å². The fourth-order valence-corrected chi connectivity index (χ4v) is 2.36. The molecule has 0 aromatic heterocycles. The van der Waals surface area contributed by atoms with Gasteiger partial charge in [0, 0.05) is 12.6 Å². The Balaban J connectivity index is 2.01. The van der Waals surface area contributed by atoms with Crippen LogP contribution < -0.4 is 5.32 Å². The number of hydrogen-bond donors (Lipinski definition) is 1. The lowest BCUT2D eigenvalue weighted by molar-refractivity contribution is 0.519. The van der Waals surface area contributed by atoms with Crippen molar-refractivity contribution in [3.05, 3.63) is 70.8 Å². The number of aryl methyl sites for hydroxylation is 2. The van der Waals surface area contributed by atoms with Crippen LogP contribution in [0.15, 0.2) is 48.5 Å². The molecule has 0 heterocycles. The Morgan fingerprint density at radius 2 is 1.68 bits per heavy atom. The van der Waals surface area contributed by atoms with Crippen molar-refractivity contribution in [1.82, 2.24) is 5.32 Å². The molecule has 2 aromatic carbocycles. The van der Waals surface area contributed by atoms with E-state index in [4.69, 9.17) is 0 Å². The van der Waals surface area contributed by atoms with Gasteiger partial charge in [0.1, 0.15) is 0 Å². The van der Waals surface area contributed by atoms with E-state index >= 15 is 0 Å². The van der Waals surface area contributed by atoms with E-state index in [1.807, 2.05) is 0 Å². The van der Waals surface area contributed by atoms with Gasteiger partial charge < -0.3 is 5.32 Å². The average molecular weight is 253 g/mol. The lowest BCUT2D eigenvalue weighted by Crippen LogP contribution is -2.20. The predicted molar refractivity (Wildman–Crippen MR) is 82.2 cm³/mol. The smallest absolute Gasteiger partial charge is 0.0320 e. The molecule has 0 aliphatic carbocycles. The van der Waals surface area contributed by atoms with Crippen LogP contribution in [-0.4, -0.2) is 0 Å². The molecule has 0 saturated carbocycles. The van der Waals surface area contributed by atoms with E-state index in [0.717, 1.165) is 13.0 Å². The van der Waals surface area contributed by atoms with Crippen LogP contribution >= 0.6 is 0 Å². The van der Waals surface area contributed by atoms with Crippen LogP contribution in [0.1, 0.15) is 41.6 Å². The van der Waals surface area contributed by atoms with Gasteiger partial charge in [-0.25, -0.2) is 0 Å². The van der Waals surface area contributed by atoms with Crippen molar-refractivity contribution in [2.45, 2.75) is 39.8 Å². The van der Waals surface area contributed by atoms with Crippen molar-refractivity contribution in [2.24, 2.45) is 0 Å². The normalized spacial score (nSPS) is 12.4. The van der Waals surface area contributed by atoms with Crippen LogP contribution in [0, 0.1) is 13.8 Å². The van der Waals surface area contributed by atoms with Gasteiger partial charge in [0.2, 0.25) is 0 Å². The Bertz CT molecular complexity index is 513. The molecular formula is C18H23N. The molecule has 100 valence electrons. The van der Waals surface area contributed by atoms with Crippen LogP contribution in [0.3, 0.4) is 0 Å². The molecule has 1 heteroatoms. The predicted octanol–water partition coefficient (Wildman–Crippen LogP) is 4.54. The summed E-state index contributed by atoms with van der Waals surface area (Å²) < 4.78 is 0. The van der Waals surface area contributed by atoms with Crippen LogP contribution in [0.2, 0.25) is 0 Å². The fraction of sp³-hybridized carbons (Fsp3) is 0.333. The van der Waals surface area contributed by atoms with Crippen molar-refractivity contribution in [3.8, 4) is 0 Å². The molecule has 1 N–H and O–H groups in total. The summed E-state index contributed by atoms with van der Waals surface area (Å²) in [4.78, 5) is 0. The van der Waals surface area contributed by atoms with Crippen LogP contribution in [0.5, 0.6) is 0 Å². The first-order valence-electron chi connectivity index (χ1n) is 7.04. The molecule has 0 amide bonds. The number of hydrogen-bond acceptors (Lipinski definition) is 1. The van der Waals surface area contributed by atoms with E-state index < -0.39 is 0 Å². The average Bonchev–Trinajstić information content (AvgIpc) is 2.41. The molecule has 0 spiro atoms. The van der Waals surface area contributed by atoms with Gasteiger partial charge >= 0.3 is 0 Å². The summed E-state index contributed by atoms with van der Waals surface area (Å²) in [7, 11) is 0. The maximum Gasteiger partial charge on any atom is 0.0320 e. The van der Waals surface area contributed by atoms with Gasteiger partial charge in [0.15, 0.2) is 0 Å². The van der Waals surface area contributed by atoms with Gasteiger partial charge in [0.05, 0.1) is 0 Å². The summed E-state index contributed by atoms with van der Waals surface area (Å²) >= 11 is 0. The lowest BCUT2D eigenvalue weighted by Gasteiger charge is -2.18. The van der Waals surface area contributed by atoms with Crippen LogP contribution in [0.25, 0.3) is 0 Å². The van der Waals surface area contributed by atoms with E-state index in [1.165, 1.54) is 22.3 Å². The molecule has 19 heavy (non-hydrogen) atoms. The fourth-order valence-electron chi connectivity index (χ4n) is 2.36. The zero-order chi connectivity index (χ0) is 13.7. The molecule has 0 radical (unpaired) electrons. The third kappa shape index (κ3) is 3.93. The lowest BCUT2D eigenvalue weighted by atomic mass is 10.0. The molecule has 0 aliphatic rings. The van der Waals surface area contributed by atoms with E-state index in [2.05, 4.69) is 74.6 Å². The Hall–Kier alpha value is -1.60. The van der Waals surface area contributed by atoms with E-state index in [-0.39, 0.29) is 0 Å². The largest absolute Gasteiger partial charge is 0.306 e. The molecule has 1 unspecified atom stereocenters. The molecule has 0 saturated heterocycles. The van der Waals surface area contributed by atoms with Crippen molar-refractivity contribution in [3.63, 3.8) is 0 Å². The van der Waals surface area contributed by atoms with E-state index in [9.17, 15) is 0 Å². The molecule has 0 bridgehead atoms. The SMILES string of the molecule is CCC(NCc1cccc(C)c1)c1ccc(C)cc1. The second kappa shape index (κ2) is 6.53. The minimum absolute atomic E-state index is 0.432. The number of benzene rings is 2. The zero-order valence-electron chi connectivity index (χ0n) is 12.1. The Morgan fingerprint density at radius 3 is 2.32 bits per heavy atom. The first-order valence-corrected chi connectivity index (χ1v) is 7.04. The molecule has 2 aromatic rings. The Kier molecular flexibility index (Phi) is 4.75. The highest BCUT2D eigenvalue weighted by molar-refractivity contribution is 5.25. The minimum atomic E-state index is 0.432. The monoisotopic (exact) mass is 253 g/mol. The third-order valence-corrected chi connectivity index (χ3v) is 3.52. The van der Waals surface area contributed by atoms with Crippen molar-refractivity contribution >= 4 is 0 Å². The highest BCUT2D eigenvalue weighted by Crippen LogP contribution is 2.18. The molecule has 0 fully saturated rings. The highest BCUT2D eigenvalue weighted by atomic mass is 14.9. The zero-order valence-corrected chi connectivity index (χ0v) is 12.1. The summed E-state index contributed by atoms with van der Waals surface area (Å²) in [6, 6.07) is 18.0. The second-order valence-corrected chi connectivity index (χ2v) is 5.24. The van der Waals surface area contributed by atoms with Gasteiger partial charge in [-0.3, -0.25) is 0 Å².